The number of carbonyl (C=O) groups is 2. The zero-order chi connectivity index (χ0) is 14.0. The molecule has 0 saturated carbocycles. The van der Waals surface area contributed by atoms with E-state index in [2.05, 4.69) is 15.9 Å². The Labute approximate surface area is 119 Å². The van der Waals surface area contributed by atoms with Gasteiger partial charge in [-0.15, -0.1) is 0 Å². The first-order chi connectivity index (χ1) is 8.99. The van der Waals surface area contributed by atoms with Crippen LogP contribution in [-0.4, -0.2) is 53.4 Å². The van der Waals surface area contributed by atoms with Gasteiger partial charge in [-0.05, 0) is 24.6 Å². The molecule has 0 spiro atoms. The Balaban J connectivity index is 2.23. The van der Waals surface area contributed by atoms with Crippen LogP contribution in [-0.2, 0) is 4.79 Å². The van der Waals surface area contributed by atoms with Gasteiger partial charge in [0, 0.05) is 24.6 Å². The number of halogens is 1. The molecule has 2 amide bonds. The summed E-state index contributed by atoms with van der Waals surface area (Å²) in [6.45, 7) is 1.22. The maximum atomic E-state index is 12.4. The number of likely N-dealkylation sites (N-methyl/N-ethyl adjacent to an activating group) is 1. The van der Waals surface area contributed by atoms with Crippen LogP contribution in [0, 0.1) is 0 Å². The number of aromatic hydroxyl groups is 1. The van der Waals surface area contributed by atoms with Crippen LogP contribution in [0.3, 0.4) is 0 Å². The van der Waals surface area contributed by atoms with Gasteiger partial charge in [0.2, 0.25) is 5.91 Å². The third-order valence-corrected chi connectivity index (χ3v) is 3.64. The summed E-state index contributed by atoms with van der Waals surface area (Å²) in [5.41, 5.74) is 0.215. The van der Waals surface area contributed by atoms with Crippen molar-refractivity contribution < 1.29 is 14.7 Å². The predicted molar refractivity (Wildman–Crippen MR) is 74.0 cm³/mol. The summed E-state index contributed by atoms with van der Waals surface area (Å²) in [7, 11) is 1.73. The van der Waals surface area contributed by atoms with Crippen LogP contribution >= 0.6 is 15.9 Å². The molecular formula is C13H15BrN2O3. The van der Waals surface area contributed by atoms with Gasteiger partial charge in [-0.2, -0.15) is 0 Å². The SMILES string of the molecule is CN1CCCN(C(=O)c2cc(Br)ccc2O)CC1=O. The highest BCUT2D eigenvalue weighted by Crippen LogP contribution is 2.23. The van der Waals surface area contributed by atoms with Crippen LogP contribution in [0.1, 0.15) is 16.8 Å². The van der Waals surface area contributed by atoms with Crippen molar-refractivity contribution in [2.24, 2.45) is 0 Å². The second-order valence-corrected chi connectivity index (χ2v) is 5.47. The van der Waals surface area contributed by atoms with E-state index >= 15 is 0 Å². The van der Waals surface area contributed by atoms with Crippen LogP contribution in [0.2, 0.25) is 0 Å². The Morgan fingerprint density at radius 2 is 2.11 bits per heavy atom. The van der Waals surface area contributed by atoms with E-state index in [0.717, 1.165) is 6.42 Å². The number of hydrogen-bond acceptors (Lipinski definition) is 3. The van der Waals surface area contributed by atoms with Crippen molar-refractivity contribution in [2.75, 3.05) is 26.7 Å². The van der Waals surface area contributed by atoms with E-state index in [1.165, 1.54) is 11.0 Å². The Morgan fingerprint density at radius 1 is 1.37 bits per heavy atom. The van der Waals surface area contributed by atoms with E-state index in [1.807, 2.05) is 0 Å². The smallest absolute Gasteiger partial charge is 0.258 e. The van der Waals surface area contributed by atoms with Crippen LogP contribution in [0.25, 0.3) is 0 Å². The highest BCUT2D eigenvalue weighted by Gasteiger charge is 2.25. The van der Waals surface area contributed by atoms with E-state index in [9.17, 15) is 14.7 Å². The van der Waals surface area contributed by atoms with Crippen LogP contribution in [0.4, 0.5) is 0 Å². The van der Waals surface area contributed by atoms with Gasteiger partial charge in [0.15, 0.2) is 0 Å². The second kappa shape index (κ2) is 5.61. The molecular weight excluding hydrogens is 312 g/mol. The van der Waals surface area contributed by atoms with Gasteiger partial charge in [-0.1, -0.05) is 15.9 Å². The summed E-state index contributed by atoms with van der Waals surface area (Å²) in [6.07, 6.45) is 0.739. The van der Waals surface area contributed by atoms with Gasteiger partial charge in [0.05, 0.1) is 5.56 Å². The van der Waals surface area contributed by atoms with E-state index in [1.54, 1.807) is 24.1 Å². The van der Waals surface area contributed by atoms with Gasteiger partial charge in [-0.3, -0.25) is 9.59 Å². The molecule has 1 saturated heterocycles. The molecule has 1 N–H and O–H groups in total. The first-order valence-corrected chi connectivity index (χ1v) is 6.80. The summed E-state index contributed by atoms with van der Waals surface area (Å²) in [6, 6.07) is 4.69. The fourth-order valence-electron chi connectivity index (χ4n) is 2.01. The minimum Gasteiger partial charge on any atom is -0.507 e. The molecule has 0 unspecified atom stereocenters. The van der Waals surface area contributed by atoms with Crippen molar-refractivity contribution in [3.05, 3.63) is 28.2 Å². The number of phenolic OH excluding ortho intramolecular Hbond substituents is 1. The number of carbonyl (C=O) groups excluding carboxylic acids is 2. The lowest BCUT2D eigenvalue weighted by atomic mass is 10.1. The molecule has 1 aliphatic heterocycles. The summed E-state index contributed by atoms with van der Waals surface area (Å²) < 4.78 is 0.715. The number of rotatable bonds is 1. The van der Waals surface area contributed by atoms with Crippen LogP contribution < -0.4 is 0 Å². The Morgan fingerprint density at radius 3 is 2.84 bits per heavy atom. The molecule has 0 aromatic heterocycles. The number of hydrogen-bond donors (Lipinski definition) is 1. The molecule has 102 valence electrons. The summed E-state index contributed by atoms with van der Waals surface area (Å²) in [4.78, 5) is 27.2. The van der Waals surface area contributed by atoms with Crippen molar-refractivity contribution in [3.8, 4) is 5.75 Å². The van der Waals surface area contributed by atoms with Crippen molar-refractivity contribution in [1.29, 1.82) is 0 Å². The van der Waals surface area contributed by atoms with E-state index in [0.29, 0.717) is 17.6 Å². The van der Waals surface area contributed by atoms with Gasteiger partial charge in [-0.25, -0.2) is 0 Å². The van der Waals surface area contributed by atoms with Gasteiger partial charge in [0.25, 0.3) is 5.91 Å². The normalized spacial score (nSPS) is 16.4. The zero-order valence-electron chi connectivity index (χ0n) is 10.6. The van der Waals surface area contributed by atoms with Gasteiger partial charge in [0.1, 0.15) is 12.3 Å². The molecule has 19 heavy (non-hydrogen) atoms. The maximum Gasteiger partial charge on any atom is 0.258 e. The number of benzene rings is 1. The zero-order valence-corrected chi connectivity index (χ0v) is 12.2. The van der Waals surface area contributed by atoms with E-state index < -0.39 is 0 Å². The van der Waals surface area contributed by atoms with Crippen molar-refractivity contribution in [1.82, 2.24) is 9.80 Å². The third kappa shape index (κ3) is 3.07. The molecule has 1 aliphatic rings. The highest BCUT2D eigenvalue weighted by atomic mass is 79.9. The molecule has 0 aliphatic carbocycles. The average molecular weight is 327 g/mol. The molecule has 1 fully saturated rings. The first-order valence-electron chi connectivity index (χ1n) is 6.01. The fourth-order valence-corrected chi connectivity index (χ4v) is 2.37. The quantitative estimate of drug-likeness (QED) is 0.849. The van der Waals surface area contributed by atoms with Crippen molar-refractivity contribution in [3.63, 3.8) is 0 Å². The lowest BCUT2D eigenvalue weighted by Gasteiger charge is -2.20. The largest absolute Gasteiger partial charge is 0.507 e. The molecule has 0 radical (unpaired) electrons. The minimum absolute atomic E-state index is 0.0568. The van der Waals surface area contributed by atoms with E-state index in [-0.39, 0.29) is 29.7 Å². The van der Waals surface area contributed by atoms with Crippen LogP contribution in [0.5, 0.6) is 5.75 Å². The standard InChI is InChI=1S/C13H15BrN2O3/c1-15-5-2-6-16(8-12(15)18)13(19)10-7-9(14)3-4-11(10)17/h3-4,7,17H,2,5-6,8H2,1H3. The van der Waals surface area contributed by atoms with Gasteiger partial charge < -0.3 is 14.9 Å². The van der Waals surface area contributed by atoms with Crippen molar-refractivity contribution in [2.45, 2.75) is 6.42 Å². The van der Waals surface area contributed by atoms with Crippen LogP contribution in [0.15, 0.2) is 22.7 Å². The van der Waals surface area contributed by atoms with Gasteiger partial charge >= 0.3 is 0 Å². The fraction of sp³-hybridized carbons (Fsp3) is 0.385. The van der Waals surface area contributed by atoms with Crippen molar-refractivity contribution >= 4 is 27.7 Å². The molecule has 1 aromatic rings. The third-order valence-electron chi connectivity index (χ3n) is 3.15. The summed E-state index contributed by atoms with van der Waals surface area (Å²) in [5.74, 6) is -0.471. The molecule has 1 aromatic carbocycles. The molecule has 0 bridgehead atoms. The topological polar surface area (TPSA) is 60.9 Å². The average Bonchev–Trinajstić information content (AvgIpc) is 2.54. The first kappa shape index (κ1) is 13.9. The molecule has 2 rings (SSSR count). The number of nitrogens with zero attached hydrogens (tertiary/aromatic N) is 2. The minimum atomic E-state index is -0.317. The molecule has 1 heterocycles. The Bertz CT molecular complexity index is 519. The monoisotopic (exact) mass is 326 g/mol. The number of phenols is 1. The Kier molecular flexibility index (Phi) is 4.09. The summed E-state index contributed by atoms with van der Waals surface area (Å²) >= 11 is 3.27. The lowest BCUT2D eigenvalue weighted by molar-refractivity contribution is -0.129. The number of amides is 2. The lowest BCUT2D eigenvalue weighted by Crippen LogP contribution is -2.38. The molecule has 6 heteroatoms. The van der Waals surface area contributed by atoms with E-state index in [4.69, 9.17) is 0 Å². The Hall–Kier alpha value is -1.56. The molecule has 5 nitrogen and oxygen atoms in total. The maximum absolute atomic E-state index is 12.4. The summed E-state index contributed by atoms with van der Waals surface area (Å²) in [5, 5.41) is 9.76. The second-order valence-electron chi connectivity index (χ2n) is 4.56. The highest BCUT2D eigenvalue weighted by molar-refractivity contribution is 9.10. The predicted octanol–water partition coefficient (Wildman–Crippen LogP) is 1.46. The molecule has 0 atom stereocenters.